The lowest BCUT2D eigenvalue weighted by atomic mass is 10.2. The Hall–Kier alpha value is -1.54. The molecule has 110 valence electrons. The molecule has 0 unspecified atom stereocenters. The third kappa shape index (κ3) is 3.98. The zero-order valence-electron chi connectivity index (χ0n) is 10.2. The monoisotopic (exact) mass is 377 g/mol. The standard InChI is InChI=1S/C13H7BrF3NO2S/c14-10-5-8(2-3-9(10)12(19)20)21-11-4-1-7(6-18-11)13(15,16)17/h1-6H,(H,19,20). The fourth-order valence-corrected chi connectivity index (χ4v) is 2.96. The van der Waals surface area contributed by atoms with Crippen LogP contribution >= 0.6 is 27.7 Å². The number of hydrogen-bond acceptors (Lipinski definition) is 3. The lowest BCUT2D eigenvalue weighted by molar-refractivity contribution is -0.137. The summed E-state index contributed by atoms with van der Waals surface area (Å²) in [7, 11) is 0. The van der Waals surface area contributed by atoms with Crippen molar-refractivity contribution in [1.29, 1.82) is 0 Å². The average Bonchev–Trinajstić information content (AvgIpc) is 2.38. The lowest BCUT2D eigenvalue weighted by Crippen LogP contribution is -2.05. The molecule has 0 bridgehead atoms. The van der Waals surface area contributed by atoms with Crippen LogP contribution in [0.25, 0.3) is 0 Å². The second-order valence-corrected chi connectivity index (χ2v) is 5.88. The van der Waals surface area contributed by atoms with Crippen molar-refractivity contribution in [3.8, 4) is 0 Å². The van der Waals surface area contributed by atoms with Crippen LogP contribution in [0.1, 0.15) is 15.9 Å². The predicted molar refractivity (Wildman–Crippen MR) is 74.5 cm³/mol. The molecule has 8 heteroatoms. The number of benzene rings is 1. The number of carboxylic acid groups (broad SMARTS) is 1. The van der Waals surface area contributed by atoms with Crippen molar-refractivity contribution in [2.45, 2.75) is 16.1 Å². The summed E-state index contributed by atoms with van der Waals surface area (Å²) in [5.41, 5.74) is -0.700. The van der Waals surface area contributed by atoms with E-state index >= 15 is 0 Å². The van der Waals surface area contributed by atoms with E-state index in [4.69, 9.17) is 5.11 Å². The number of hydrogen-bond donors (Lipinski definition) is 1. The van der Waals surface area contributed by atoms with Crippen LogP contribution in [0.15, 0.2) is 50.9 Å². The Morgan fingerprint density at radius 2 is 1.95 bits per heavy atom. The molecule has 0 radical (unpaired) electrons. The normalized spacial score (nSPS) is 11.4. The number of halogens is 4. The van der Waals surface area contributed by atoms with Crippen LogP contribution in [0.2, 0.25) is 0 Å². The van der Waals surface area contributed by atoms with Crippen molar-refractivity contribution >= 4 is 33.7 Å². The van der Waals surface area contributed by atoms with E-state index in [1.54, 1.807) is 12.1 Å². The Balaban J connectivity index is 2.19. The third-order valence-corrected chi connectivity index (χ3v) is 4.05. The number of aromatic carboxylic acids is 1. The second-order valence-electron chi connectivity index (χ2n) is 3.93. The summed E-state index contributed by atoms with van der Waals surface area (Å²) in [5.74, 6) is -1.06. The molecule has 0 fully saturated rings. The van der Waals surface area contributed by atoms with Crippen LogP contribution in [-0.4, -0.2) is 16.1 Å². The molecule has 2 rings (SSSR count). The topological polar surface area (TPSA) is 50.2 Å². The summed E-state index contributed by atoms with van der Waals surface area (Å²) in [6.45, 7) is 0. The molecule has 0 saturated heterocycles. The molecule has 1 heterocycles. The maximum atomic E-state index is 12.4. The molecule has 0 aliphatic heterocycles. The highest BCUT2D eigenvalue weighted by Crippen LogP contribution is 2.32. The van der Waals surface area contributed by atoms with Gasteiger partial charge in [-0.3, -0.25) is 0 Å². The predicted octanol–water partition coefficient (Wildman–Crippen LogP) is 4.71. The average molecular weight is 378 g/mol. The first kappa shape index (κ1) is 15.8. The molecule has 1 N–H and O–H groups in total. The molecule has 0 spiro atoms. The van der Waals surface area contributed by atoms with Crippen molar-refractivity contribution in [3.05, 3.63) is 52.1 Å². The molecule has 1 aromatic heterocycles. The van der Waals surface area contributed by atoms with Crippen LogP contribution in [0.5, 0.6) is 0 Å². The van der Waals surface area contributed by atoms with Gasteiger partial charge in [0.05, 0.1) is 11.1 Å². The van der Waals surface area contributed by atoms with Crippen molar-refractivity contribution in [3.63, 3.8) is 0 Å². The number of carbonyl (C=O) groups is 1. The zero-order valence-corrected chi connectivity index (χ0v) is 12.6. The molecular formula is C13H7BrF3NO2S. The smallest absolute Gasteiger partial charge is 0.417 e. The Labute approximate surface area is 130 Å². The summed E-state index contributed by atoms with van der Waals surface area (Å²) in [6, 6.07) is 6.78. The minimum absolute atomic E-state index is 0.111. The van der Waals surface area contributed by atoms with Gasteiger partial charge < -0.3 is 5.11 Å². The van der Waals surface area contributed by atoms with Gasteiger partial charge in [-0.1, -0.05) is 11.8 Å². The zero-order chi connectivity index (χ0) is 15.6. The van der Waals surface area contributed by atoms with Gasteiger partial charge >= 0.3 is 12.1 Å². The molecule has 0 atom stereocenters. The number of nitrogens with zero attached hydrogens (tertiary/aromatic N) is 1. The van der Waals surface area contributed by atoms with Crippen molar-refractivity contribution < 1.29 is 23.1 Å². The minimum Gasteiger partial charge on any atom is -0.478 e. The third-order valence-electron chi connectivity index (χ3n) is 2.46. The Kier molecular flexibility index (Phi) is 4.58. The minimum atomic E-state index is -4.41. The molecule has 21 heavy (non-hydrogen) atoms. The molecule has 0 saturated carbocycles. The number of alkyl halides is 3. The number of carboxylic acids is 1. The Bertz CT molecular complexity index is 674. The summed E-state index contributed by atoms with van der Waals surface area (Å²) < 4.78 is 37.6. The van der Waals surface area contributed by atoms with E-state index in [9.17, 15) is 18.0 Å². The van der Waals surface area contributed by atoms with Gasteiger partial charge in [0.25, 0.3) is 0 Å². The number of rotatable bonds is 3. The van der Waals surface area contributed by atoms with Gasteiger partial charge in [0.2, 0.25) is 0 Å². The molecule has 0 aliphatic rings. The van der Waals surface area contributed by atoms with E-state index < -0.39 is 17.7 Å². The number of pyridine rings is 1. The van der Waals surface area contributed by atoms with Gasteiger partial charge in [0, 0.05) is 15.6 Å². The van der Waals surface area contributed by atoms with Crippen LogP contribution in [0, 0.1) is 0 Å². The first-order valence-electron chi connectivity index (χ1n) is 5.51. The molecule has 0 amide bonds. The van der Waals surface area contributed by atoms with Gasteiger partial charge in [-0.25, -0.2) is 9.78 Å². The first-order valence-corrected chi connectivity index (χ1v) is 7.12. The van der Waals surface area contributed by atoms with E-state index in [1.165, 1.54) is 12.1 Å². The van der Waals surface area contributed by atoms with E-state index in [0.29, 0.717) is 14.4 Å². The van der Waals surface area contributed by atoms with Crippen molar-refractivity contribution in [2.75, 3.05) is 0 Å². The van der Waals surface area contributed by atoms with E-state index in [2.05, 4.69) is 20.9 Å². The largest absolute Gasteiger partial charge is 0.478 e. The van der Waals surface area contributed by atoms with Gasteiger partial charge in [-0.2, -0.15) is 13.2 Å². The van der Waals surface area contributed by atoms with E-state index in [-0.39, 0.29) is 5.56 Å². The van der Waals surface area contributed by atoms with E-state index in [0.717, 1.165) is 24.0 Å². The van der Waals surface area contributed by atoms with Crippen LogP contribution in [0.4, 0.5) is 13.2 Å². The Morgan fingerprint density at radius 1 is 1.24 bits per heavy atom. The van der Waals surface area contributed by atoms with Crippen LogP contribution in [0.3, 0.4) is 0 Å². The molecule has 0 aliphatic carbocycles. The van der Waals surface area contributed by atoms with Gasteiger partial charge in [0.15, 0.2) is 0 Å². The summed E-state index contributed by atoms with van der Waals surface area (Å²) in [6.07, 6.45) is -3.65. The Morgan fingerprint density at radius 3 is 2.43 bits per heavy atom. The second kappa shape index (κ2) is 6.07. The highest BCUT2D eigenvalue weighted by Gasteiger charge is 2.30. The fraction of sp³-hybridized carbons (Fsp3) is 0.0769. The maximum absolute atomic E-state index is 12.4. The van der Waals surface area contributed by atoms with Crippen LogP contribution in [-0.2, 0) is 6.18 Å². The van der Waals surface area contributed by atoms with Gasteiger partial charge in [-0.15, -0.1) is 0 Å². The van der Waals surface area contributed by atoms with Crippen molar-refractivity contribution in [1.82, 2.24) is 4.98 Å². The molecule has 2 aromatic rings. The quantitative estimate of drug-likeness (QED) is 0.841. The number of aromatic nitrogens is 1. The van der Waals surface area contributed by atoms with Gasteiger partial charge in [-0.05, 0) is 46.3 Å². The molecule has 1 aromatic carbocycles. The van der Waals surface area contributed by atoms with Crippen LogP contribution < -0.4 is 0 Å². The summed E-state index contributed by atoms with van der Waals surface area (Å²) >= 11 is 4.28. The highest BCUT2D eigenvalue weighted by molar-refractivity contribution is 9.10. The highest BCUT2D eigenvalue weighted by atomic mass is 79.9. The summed E-state index contributed by atoms with van der Waals surface area (Å²) in [5, 5.41) is 9.28. The molecule has 3 nitrogen and oxygen atoms in total. The SMILES string of the molecule is O=C(O)c1ccc(Sc2ccc(C(F)(F)F)cn2)cc1Br. The molecular weight excluding hydrogens is 371 g/mol. The summed E-state index contributed by atoms with van der Waals surface area (Å²) in [4.78, 5) is 15.3. The van der Waals surface area contributed by atoms with E-state index in [1.807, 2.05) is 0 Å². The lowest BCUT2D eigenvalue weighted by Gasteiger charge is -2.07. The maximum Gasteiger partial charge on any atom is 0.417 e. The first-order chi connectivity index (χ1) is 9.77. The van der Waals surface area contributed by atoms with Gasteiger partial charge in [0.1, 0.15) is 5.03 Å². The fourth-order valence-electron chi connectivity index (χ4n) is 1.46. The van der Waals surface area contributed by atoms with Crippen molar-refractivity contribution in [2.24, 2.45) is 0 Å².